The Morgan fingerprint density at radius 1 is 1.32 bits per heavy atom. The molecule has 0 spiro atoms. The SMILES string of the molecule is CC1=C[C@H](C)[C@H]2C(=O)N(c3cccnc3)C(=O)[C@@H]2C1. The Bertz CT molecular complexity index is 565. The van der Waals surface area contributed by atoms with Crippen molar-refractivity contribution in [3.8, 4) is 0 Å². The number of carbonyl (C=O) groups excluding carboxylic acids is 2. The molecule has 0 aromatic carbocycles. The predicted molar refractivity (Wildman–Crippen MR) is 71.2 cm³/mol. The molecule has 19 heavy (non-hydrogen) atoms. The molecule has 4 heteroatoms. The Kier molecular flexibility index (Phi) is 2.73. The number of rotatable bonds is 1. The standard InChI is InChI=1S/C15H16N2O2/c1-9-6-10(2)13-12(7-9)14(18)17(15(13)19)11-4-3-5-16-8-11/h3-6,8,10,12-13H,7H2,1-2H3/t10-,12+,13+/m0/s1. The zero-order valence-corrected chi connectivity index (χ0v) is 11.0. The van der Waals surface area contributed by atoms with Crippen LogP contribution in [-0.2, 0) is 9.59 Å². The molecule has 2 heterocycles. The maximum absolute atomic E-state index is 12.5. The maximum Gasteiger partial charge on any atom is 0.238 e. The van der Waals surface area contributed by atoms with Gasteiger partial charge < -0.3 is 0 Å². The number of allylic oxidation sites excluding steroid dienone is 2. The molecule has 0 radical (unpaired) electrons. The lowest BCUT2D eigenvalue weighted by Gasteiger charge is -2.25. The van der Waals surface area contributed by atoms with Crippen molar-refractivity contribution in [2.24, 2.45) is 17.8 Å². The average molecular weight is 256 g/mol. The van der Waals surface area contributed by atoms with Crippen LogP contribution in [0.5, 0.6) is 0 Å². The summed E-state index contributed by atoms with van der Waals surface area (Å²) in [6.07, 6.45) is 6.00. The van der Waals surface area contributed by atoms with Gasteiger partial charge in [-0.25, -0.2) is 4.90 Å². The Labute approximate surface area is 112 Å². The van der Waals surface area contributed by atoms with Gasteiger partial charge in [-0.15, -0.1) is 0 Å². The second-order valence-electron chi connectivity index (χ2n) is 5.43. The molecule has 2 aliphatic rings. The Morgan fingerprint density at radius 2 is 2.11 bits per heavy atom. The summed E-state index contributed by atoms with van der Waals surface area (Å²) in [5, 5.41) is 0. The minimum atomic E-state index is -0.212. The van der Waals surface area contributed by atoms with E-state index in [0.29, 0.717) is 12.1 Å². The van der Waals surface area contributed by atoms with Crippen LogP contribution in [0.4, 0.5) is 5.69 Å². The lowest BCUT2D eigenvalue weighted by atomic mass is 9.76. The van der Waals surface area contributed by atoms with Crippen LogP contribution >= 0.6 is 0 Å². The lowest BCUT2D eigenvalue weighted by Crippen LogP contribution is -2.31. The second-order valence-corrected chi connectivity index (χ2v) is 5.43. The van der Waals surface area contributed by atoms with Crippen LogP contribution in [0.3, 0.4) is 0 Å². The molecule has 0 saturated carbocycles. The third-order valence-corrected chi connectivity index (χ3v) is 4.04. The van der Waals surface area contributed by atoms with E-state index in [2.05, 4.69) is 11.1 Å². The average Bonchev–Trinajstić information content (AvgIpc) is 2.62. The van der Waals surface area contributed by atoms with E-state index >= 15 is 0 Å². The summed E-state index contributed by atoms with van der Waals surface area (Å²) in [5.74, 6) is -0.456. The number of carbonyl (C=O) groups is 2. The number of fused-ring (bicyclic) bond motifs is 1. The highest BCUT2D eigenvalue weighted by Crippen LogP contribution is 2.42. The summed E-state index contributed by atoms with van der Waals surface area (Å²) in [6, 6.07) is 3.50. The fourth-order valence-electron chi connectivity index (χ4n) is 3.26. The van der Waals surface area contributed by atoms with E-state index in [0.717, 1.165) is 0 Å². The number of pyridine rings is 1. The van der Waals surface area contributed by atoms with Gasteiger partial charge >= 0.3 is 0 Å². The van der Waals surface area contributed by atoms with Gasteiger partial charge in [0.05, 0.1) is 23.7 Å². The van der Waals surface area contributed by atoms with Crippen molar-refractivity contribution in [1.82, 2.24) is 4.98 Å². The molecule has 1 aliphatic carbocycles. The Morgan fingerprint density at radius 3 is 2.79 bits per heavy atom. The zero-order chi connectivity index (χ0) is 13.6. The van der Waals surface area contributed by atoms with Crippen molar-refractivity contribution in [3.63, 3.8) is 0 Å². The summed E-state index contributed by atoms with van der Waals surface area (Å²) < 4.78 is 0. The number of anilines is 1. The molecular weight excluding hydrogens is 240 g/mol. The first-order valence-electron chi connectivity index (χ1n) is 6.54. The second kappa shape index (κ2) is 4.30. The van der Waals surface area contributed by atoms with Crippen LogP contribution < -0.4 is 4.90 Å². The van der Waals surface area contributed by atoms with Gasteiger partial charge in [-0.2, -0.15) is 0 Å². The van der Waals surface area contributed by atoms with Crippen molar-refractivity contribution in [2.45, 2.75) is 20.3 Å². The maximum atomic E-state index is 12.5. The third-order valence-electron chi connectivity index (χ3n) is 4.04. The van der Waals surface area contributed by atoms with Gasteiger partial charge in [-0.3, -0.25) is 14.6 Å². The van der Waals surface area contributed by atoms with E-state index in [1.165, 1.54) is 10.5 Å². The number of aromatic nitrogens is 1. The molecule has 4 nitrogen and oxygen atoms in total. The summed E-state index contributed by atoms with van der Waals surface area (Å²) >= 11 is 0. The van der Waals surface area contributed by atoms with Gasteiger partial charge in [0.2, 0.25) is 11.8 Å². The van der Waals surface area contributed by atoms with Gasteiger partial charge in [0.1, 0.15) is 0 Å². The lowest BCUT2D eigenvalue weighted by molar-refractivity contribution is -0.122. The van der Waals surface area contributed by atoms with Gasteiger partial charge in [-0.1, -0.05) is 18.6 Å². The summed E-state index contributed by atoms with van der Waals surface area (Å²) in [6.45, 7) is 4.04. The number of nitrogens with zero attached hydrogens (tertiary/aromatic N) is 2. The van der Waals surface area contributed by atoms with Crippen molar-refractivity contribution < 1.29 is 9.59 Å². The fraction of sp³-hybridized carbons (Fsp3) is 0.400. The molecular formula is C15H16N2O2. The van der Waals surface area contributed by atoms with Gasteiger partial charge in [0.25, 0.3) is 0 Å². The first-order chi connectivity index (χ1) is 9.09. The number of hydrogen-bond acceptors (Lipinski definition) is 3. The van der Waals surface area contributed by atoms with E-state index < -0.39 is 0 Å². The van der Waals surface area contributed by atoms with E-state index in [9.17, 15) is 9.59 Å². The highest BCUT2D eigenvalue weighted by atomic mass is 16.2. The van der Waals surface area contributed by atoms with Crippen LogP contribution in [0.2, 0.25) is 0 Å². The summed E-state index contributed by atoms with van der Waals surface area (Å²) in [7, 11) is 0. The molecule has 3 atom stereocenters. The molecule has 1 fully saturated rings. The van der Waals surface area contributed by atoms with Crippen LogP contribution in [-0.4, -0.2) is 16.8 Å². The molecule has 1 aromatic heterocycles. The van der Waals surface area contributed by atoms with Crippen LogP contribution in [0.25, 0.3) is 0 Å². The first kappa shape index (κ1) is 12.1. The Balaban J connectivity index is 2.00. The van der Waals surface area contributed by atoms with Crippen LogP contribution in [0, 0.1) is 17.8 Å². The van der Waals surface area contributed by atoms with Gasteiger partial charge in [0.15, 0.2) is 0 Å². The normalized spacial score (nSPS) is 30.3. The molecule has 0 N–H and O–H groups in total. The third kappa shape index (κ3) is 1.79. The topological polar surface area (TPSA) is 50.3 Å². The summed E-state index contributed by atoms with van der Waals surface area (Å²) in [4.78, 5) is 30.3. The molecule has 0 bridgehead atoms. The predicted octanol–water partition coefficient (Wildman–Crippen LogP) is 2.17. The highest BCUT2D eigenvalue weighted by Gasteiger charge is 2.51. The summed E-state index contributed by atoms with van der Waals surface area (Å²) in [5.41, 5.74) is 1.78. The van der Waals surface area contributed by atoms with E-state index in [-0.39, 0.29) is 29.6 Å². The molecule has 1 saturated heterocycles. The first-order valence-corrected chi connectivity index (χ1v) is 6.54. The molecule has 0 unspecified atom stereocenters. The van der Waals surface area contributed by atoms with E-state index in [4.69, 9.17) is 0 Å². The molecule has 2 amide bonds. The highest BCUT2D eigenvalue weighted by molar-refractivity contribution is 6.22. The molecule has 1 aromatic rings. The number of hydrogen-bond donors (Lipinski definition) is 0. The molecule has 1 aliphatic heterocycles. The van der Waals surface area contributed by atoms with Crippen molar-refractivity contribution in [3.05, 3.63) is 36.2 Å². The zero-order valence-electron chi connectivity index (χ0n) is 11.0. The minimum absolute atomic E-state index is 0.0812. The number of amides is 2. The van der Waals surface area contributed by atoms with Crippen molar-refractivity contribution in [1.29, 1.82) is 0 Å². The Hall–Kier alpha value is -1.97. The van der Waals surface area contributed by atoms with Gasteiger partial charge in [-0.05, 0) is 31.4 Å². The largest absolute Gasteiger partial charge is 0.274 e. The number of imide groups is 1. The monoisotopic (exact) mass is 256 g/mol. The fourth-order valence-corrected chi connectivity index (χ4v) is 3.26. The minimum Gasteiger partial charge on any atom is -0.274 e. The quantitative estimate of drug-likeness (QED) is 0.571. The van der Waals surface area contributed by atoms with Gasteiger partial charge in [0, 0.05) is 6.20 Å². The van der Waals surface area contributed by atoms with E-state index in [1.54, 1.807) is 24.5 Å². The molecule has 98 valence electrons. The smallest absolute Gasteiger partial charge is 0.238 e. The van der Waals surface area contributed by atoms with E-state index in [1.807, 2.05) is 13.8 Å². The molecule has 3 rings (SSSR count). The van der Waals surface area contributed by atoms with Crippen molar-refractivity contribution >= 4 is 17.5 Å². The van der Waals surface area contributed by atoms with Crippen LogP contribution in [0.1, 0.15) is 20.3 Å². The van der Waals surface area contributed by atoms with Crippen LogP contribution in [0.15, 0.2) is 36.2 Å². The van der Waals surface area contributed by atoms with Crippen molar-refractivity contribution in [2.75, 3.05) is 4.90 Å².